The normalized spacial score (nSPS) is 13.9. The van der Waals surface area contributed by atoms with Crippen molar-refractivity contribution in [1.82, 2.24) is 5.32 Å². The average Bonchev–Trinajstić information content (AvgIpc) is 2.37. The molecule has 1 aromatic rings. The zero-order valence-corrected chi connectivity index (χ0v) is 11.9. The summed E-state index contributed by atoms with van der Waals surface area (Å²) < 4.78 is 0. The lowest BCUT2D eigenvalue weighted by molar-refractivity contribution is -0.122. The van der Waals surface area contributed by atoms with Gasteiger partial charge in [-0.1, -0.05) is 30.3 Å². The molecule has 1 rings (SSSR count). The van der Waals surface area contributed by atoms with E-state index in [1.54, 1.807) is 11.8 Å². The van der Waals surface area contributed by atoms with Gasteiger partial charge in [-0.05, 0) is 31.6 Å². The third kappa shape index (κ3) is 5.56. The highest BCUT2D eigenvalue weighted by atomic mass is 32.2. The number of hydrogen-bond acceptors (Lipinski definition) is 3. The molecule has 0 saturated heterocycles. The fourth-order valence-electron chi connectivity index (χ4n) is 1.74. The van der Waals surface area contributed by atoms with Gasteiger partial charge in [0.2, 0.25) is 5.91 Å². The van der Waals surface area contributed by atoms with Crippen molar-refractivity contribution in [2.75, 3.05) is 12.0 Å². The fourth-order valence-corrected chi connectivity index (χ4v) is 2.32. The molecule has 0 fully saturated rings. The van der Waals surface area contributed by atoms with Crippen LogP contribution in [-0.4, -0.2) is 30.0 Å². The number of amides is 1. The third-order valence-electron chi connectivity index (χ3n) is 2.73. The first kappa shape index (κ1) is 15.1. The van der Waals surface area contributed by atoms with Crippen LogP contribution in [0.15, 0.2) is 30.3 Å². The van der Waals surface area contributed by atoms with Crippen LogP contribution >= 0.6 is 11.8 Å². The zero-order chi connectivity index (χ0) is 13.4. The van der Waals surface area contributed by atoms with Gasteiger partial charge in [-0.25, -0.2) is 0 Å². The number of hydrogen-bond donors (Lipinski definition) is 2. The van der Waals surface area contributed by atoms with Crippen LogP contribution in [0.25, 0.3) is 0 Å². The van der Waals surface area contributed by atoms with Crippen LogP contribution < -0.4 is 11.1 Å². The monoisotopic (exact) mass is 266 g/mol. The van der Waals surface area contributed by atoms with E-state index in [4.69, 9.17) is 5.73 Å². The Morgan fingerprint density at radius 2 is 2.06 bits per heavy atom. The van der Waals surface area contributed by atoms with E-state index in [1.165, 1.54) is 5.56 Å². The van der Waals surface area contributed by atoms with Crippen molar-refractivity contribution < 1.29 is 4.79 Å². The molecule has 3 nitrogen and oxygen atoms in total. The first-order valence-corrected chi connectivity index (χ1v) is 7.61. The molecule has 4 heteroatoms. The number of benzene rings is 1. The predicted molar refractivity (Wildman–Crippen MR) is 78.7 cm³/mol. The predicted octanol–water partition coefficient (Wildman–Crippen LogP) is 1.81. The maximum atomic E-state index is 11.8. The molecular formula is C14H22N2OS. The standard InChI is InChI=1S/C14H22N2OS/c1-11(10-18-2)16-14(17)13(15)9-8-12-6-4-3-5-7-12/h3-7,11,13H,8-10,15H2,1-2H3,(H,16,17)/t11?,13-/m0/s1. The minimum Gasteiger partial charge on any atom is -0.351 e. The first-order chi connectivity index (χ1) is 8.63. The number of nitrogens with two attached hydrogens (primary N) is 1. The molecule has 0 bridgehead atoms. The van der Waals surface area contributed by atoms with Gasteiger partial charge in [-0.15, -0.1) is 0 Å². The molecule has 0 aliphatic carbocycles. The van der Waals surface area contributed by atoms with E-state index in [-0.39, 0.29) is 11.9 Å². The smallest absolute Gasteiger partial charge is 0.237 e. The SMILES string of the molecule is CSCC(C)NC(=O)[C@@H](N)CCc1ccccc1. The Morgan fingerprint density at radius 1 is 1.39 bits per heavy atom. The van der Waals surface area contributed by atoms with E-state index in [0.29, 0.717) is 6.42 Å². The minimum absolute atomic E-state index is 0.0486. The molecule has 2 atom stereocenters. The number of nitrogens with one attached hydrogen (secondary N) is 1. The van der Waals surface area contributed by atoms with Crippen molar-refractivity contribution in [3.63, 3.8) is 0 Å². The second-order valence-electron chi connectivity index (χ2n) is 4.50. The van der Waals surface area contributed by atoms with Crippen molar-refractivity contribution in [3.8, 4) is 0 Å². The number of thioether (sulfide) groups is 1. The number of carbonyl (C=O) groups is 1. The van der Waals surface area contributed by atoms with Gasteiger partial charge in [0.1, 0.15) is 0 Å². The topological polar surface area (TPSA) is 55.1 Å². The van der Waals surface area contributed by atoms with Crippen molar-refractivity contribution in [3.05, 3.63) is 35.9 Å². The van der Waals surface area contributed by atoms with Crippen LogP contribution in [0.3, 0.4) is 0 Å². The summed E-state index contributed by atoms with van der Waals surface area (Å²) in [4.78, 5) is 11.8. The van der Waals surface area contributed by atoms with Gasteiger partial charge in [0.15, 0.2) is 0 Å². The Labute approximate surface area is 114 Å². The largest absolute Gasteiger partial charge is 0.351 e. The Bertz CT molecular complexity index is 356. The van der Waals surface area contributed by atoms with Crippen LogP contribution in [-0.2, 0) is 11.2 Å². The molecule has 0 aliphatic heterocycles. The van der Waals surface area contributed by atoms with Gasteiger partial charge >= 0.3 is 0 Å². The molecule has 18 heavy (non-hydrogen) atoms. The Morgan fingerprint density at radius 3 is 2.67 bits per heavy atom. The second-order valence-corrected chi connectivity index (χ2v) is 5.41. The molecule has 1 amide bonds. The van der Waals surface area contributed by atoms with Crippen molar-refractivity contribution in [2.45, 2.75) is 31.8 Å². The van der Waals surface area contributed by atoms with Crippen molar-refractivity contribution in [2.24, 2.45) is 5.73 Å². The maximum Gasteiger partial charge on any atom is 0.237 e. The number of carbonyl (C=O) groups excluding carboxylic acids is 1. The number of aryl methyl sites for hydroxylation is 1. The summed E-state index contributed by atoms with van der Waals surface area (Å²) in [5.41, 5.74) is 7.11. The minimum atomic E-state index is -0.422. The molecule has 0 aromatic heterocycles. The summed E-state index contributed by atoms with van der Waals surface area (Å²) in [7, 11) is 0. The number of rotatable bonds is 7. The molecule has 0 radical (unpaired) electrons. The van der Waals surface area contributed by atoms with Gasteiger partial charge in [0.25, 0.3) is 0 Å². The molecule has 1 aromatic carbocycles. The Balaban J connectivity index is 2.32. The molecule has 0 saturated carbocycles. The van der Waals surface area contributed by atoms with Gasteiger partial charge in [-0.3, -0.25) is 4.79 Å². The maximum absolute atomic E-state index is 11.8. The Kier molecular flexibility index (Phi) is 6.83. The van der Waals surface area contributed by atoms with Gasteiger partial charge in [-0.2, -0.15) is 11.8 Å². The lowest BCUT2D eigenvalue weighted by atomic mass is 10.1. The summed E-state index contributed by atoms with van der Waals surface area (Å²) in [6.45, 7) is 2.00. The molecule has 3 N–H and O–H groups in total. The van der Waals surface area contributed by atoms with Gasteiger partial charge < -0.3 is 11.1 Å². The second kappa shape index (κ2) is 8.16. The van der Waals surface area contributed by atoms with Crippen LogP contribution in [0.5, 0.6) is 0 Å². The van der Waals surface area contributed by atoms with E-state index in [9.17, 15) is 4.79 Å². The summed E-state index contributed by atoms with van der Waals surface area (Å²) in [6.07, 6.45) is 3.55. The summed E-state index contributed by atoms with van der Waals surface area (Å²) in [6, 6.07) is 9.86. The van der Waals surface area contributed by atoms with Crippen molar-refractivity contribution >= 4 is 17.7 Å². The van der Waals surface area contributed by atoms with Crippen LogP contribution in [0.2, 0.25) is 0 Å². The van der Waals surface area contributed by atoms with E-state index in [2.05, 4.69) is 17.4 Å². The molecule has 100 valence electrons. The highest BCUT2D eigenvalue weighted by Crippen LogP contribution is 2.04. The highest BCUT2D eigenvalue weighted by molar-refractivity contribution is 7.98. The van der Waals surface area contributed by atoms with Gasteiger partial charge in [0.05, 0.1) is 6.04 Å². The molecule has 0 aliphatic rings. The fraction of sp³-hybridized carbons (Fsp3) is 0.500. The average molecular weight is 266 g/mol. The molecule has 1 unspecified atom stereocenters. The van der Waals surface area contributed by atoms with Crippen LogP contribution in [0, 0.1) is 0 Å². The van der Waals surface area contributed by atoms with Crippen LogP contribution in [0.1, 0.15) is 18.9 Å². The molecule has 0 heterocycles. The third-order valence-corrected chi connectivity index (χ3v) is 3.56. The quantitative estimate of drug-likeness (QED) is 0.791. The Hall–Kier alpha value is -1.00. The summed E-state index contributed by atoms with van der Waals surface area (Å²) in [5.74, 6) is 0.865. The zero-order valence-electron chi connectivity index (χ0n) is 11.1. The van der Waals surface area contributed by atoms with E-state index < -0.39 is 6.04 Å². The molecule has 0 spiro atoms. The van der Waals surface area contributed by atoms with E-state index in [1.807, 2.05) is 31.4 Å². The first-order valence-electron chi connectivity index (χ1n) is 6.22. The lowest BCUT2D eigenvalue weighted by Gasteiger charge is -2.16. The van der Waals surface area contributed by atoms with Gasteiger partial charge in [0, 0.05) is 11.8 Å². The van der Waals surface area contributed by atoms with E-state index in [0.717, 1.165) is 12.2 Å². The highest BCUT2D eigenvalue weighted by Gasteiger charge is 2.15. The summed E-state index contributed by atoms with van der Waals surface area (Å²) in [5, 5.41) is 2.93. The summed E-state index contributed by atoms with van der Waals surface area (Å²) >= 11 is 1.72. The lowest BCUT2D eigenvalue weighted by Crippen LogP contribution is -2.45. The molecular weight excluding hydrogens is 244 g/mol. The van der Waals surface area contributed by atoms with E-state index >= 15 is 0 Å². The van der Waals surface area contributed by atoms with Crippen molar-refractivity contribution in [1.29, 1.82) is 0 Å². The van der Waals surface area contributed by atoms with Crippen LogP contribution in [0.4, 0.5) is 0 Å².